The van der Waals surface area contributed by atoms with Gasteiger partial charge in [-0.15, -0.1) is 0 Å². The summed E-state index contributed by atoms with van der Waals surface area (Å²) in [5.41, 5.74) is 1.11. The molecule has 4 rings (SSSR count). The average Bonchev–Trinajstić information content (AvgIpc) is 3.06. The minimum absolute atomic E-state index is 0.0101. The molecular formula is C24H19F2N3O4. The van der Waals surface area contributed by atoms with Crippen LogP contribution in [0.25, 0.3) is 10.8 Å². The smallest absolute Gasteiger partial charge is 0.337 e. The van der Waals surface area contributed by atoms with Gasteiger partial charge in [0, 0.05) is 29.1 Å². The maximum Gasteiger partial charge on any atom is 0.337 e. The lowest BCUT2D eigenvalue weighted by atomic mass is 10.1. The Labute approximate surface area is 186 Å². The summed E-state index contributed by atoms with van der Waals surface area (Å²) in [7, 11) is 0. The Kier molecular flexibility index (Phi) is 6.03. The van der Waals surface area contributed by atoms with Gasteiger partial charge in [-0.2, -0.15) is 0 Å². The molecule has 4 aromatic rings. The first kappa shape index (κ1) is 21.9. The highest BCUT2D eigenvalue weighted by Crippen LogP contribution is 2.34. The van der Waals surface area contributed by atoms with E-state index >= 15 is 0 Å². The molecule has 0 bridgehead atoms. The van der Waals surface area contributed by atoms with Gasteiger partial charge in [-0.25, -0.2) is 18.6 Å². The molecule has 2 heterocycles. The molecule has 0 saturated carbocycles. The lowest BCUT2D eigenvalue weighted by Crippen LogP contribution is -2.15. The van der Waals surface area contributed by atoms with Crippen molar-refractivity contribution in [3.63, 3.8) is 0 Å². The van der Waals surface area contributed by atoms with Crippen LogP contribution < -0.4 is 5.32 Å². The fraction of sp³-hybridized carbons (Fsp3) is 0.125. The molecule has 9 heteroatoms. The number of anilines is 1. The summed E-state index contributed by atoms with van der Waals surface area (Å²) < 4.78 is 29.5. The third-order valence-corrected chi connectivity index (χ3v) is 5.25. The molecule has 0 aliphatic heterocycles. The fourth-order valence-electron chi connectivity index (χ4n) is 3.65. The number of carboxylic acids is 1. The standard InChI is InChI=1S/C24H19F2N3O4/c25-16-7-4-14(5-8-16)13-29-19(22-17(23(29)31)2-1-3-18(22)26)9-11-21(30)28-20-10-6-15(12-27-20)24(32)33/h1-8,10,12,31H,9,11,13H2,(H,32,33)(H,27,28,30). The zero-order valence-electron chi connectivity index (χ0n) is 17.3. The molecule has 7 nitrogen and oxygen atoms in total. The third-order valence-electron chi connectivity index (χ3n) is 5.25. The van der Waals surface area contributed by atoms with Crippen molar-refractivity contribution in [1.82, 2.24) is 9.55 Å². The number of hydrogen-bond acceptors (Lipinski definition) is 4. The monoisotopic (exact) mass is 451 g/mol. The highest BCUT2D eigenvalue weighted by molar-refractivity contribution is 5.93. The van der Waals surface area contributed by atoms with Gasteiger partial charge in [-0.1, -0.05) is 18.2 Å². The van der Waals surface area contributed by atoms with Gasteiger partial charge in [0.15, 0.2) is 5.88 Å². The van der Waals surface area contributed by atoms with E-state index in [2.05, 4.69) is 10.3 Å². The molecule has 0 radical (unpaired) electrons. The molecule has 3 N–H and O–H groups in total. The van der Waals surface area contributed by atoms with Gasteiger partial charge in [0.2, 0.25) is 5.91 Å². The first-order valence-corrected chi connectivity index (χ1v) is 10.1. The Morgan fingerprint density at radius 3 is 2.45 bits per heavy atom. The van der Waals surface area contributed by atoms with Crippen LogP contribution in [0.4, 0.5) is 14.6 Å². The zero-order valence-corrected chi connectivity index (χ0v) is 17.3. The van der Waals surface area contributed by atoms with Crippen molar-refractivity contribution in [3.05, 3.63) is 89.2 Å². The normalized spacial score (nSPS) is 11.0. The molecule has 0 fully saturated rings. The molecule has 0 spiro atoms. The second kappa shape index (κ2) is 9.07. The van der Waals surface area contributed by atoms with Crippen LogP contribution in [0.2, 0.25) is 0 Å². The van der Waals surface area contributed by atoms with Gasteiger partial charge < -0.3 is 20.1 Å². The van der Waals surface area contributed by atoms with E-state index < -0.39 is 23.5 Å². The number of pyridine rings is 1. The maximum atomic E-state index is 14.7. The number of halogens is 2. The summed E-state index contributed by atoms with van der Waals surface area (Å²) in [6.07, 6.45) is 1.20. The molecule has 168 valence electrons. The summed E-state index contributed by atoms with van der Waals surface area (Å²) in [6.45, 7) is 0.162. The Hall–Kier alpha value is -4.27. The van der Waals surface area contributed by atoms with Crippen molar-refractivity contribution in [3.8, 4) is 5.88 Å². The second-order valence-electron chi connectivity index (χ2n) is 7.43. The van der Waals surface area contributed by atoms with E-state index in [0.29, 0.717) is 16.6 Å². The van der Waals surface area contributed by atoms with Gasteiger partial charge in [-0.05, 0) is 48.4 Å². The van der Waals surface area contributed by atoms with Crippen LogP contribution in [0, 0.1) is 11.6 Å². The van der Waals surface area contributed by atoms with Crippen LogP contribution in [0.1, 0.15) is 28.0 Å². The summed E-state index contributed by atoms with van der Waals surface area (Å²) in [6, 6.07) is 12.8. The van der Waals surface area contributed by atoms with Crippen LogP contribution in [0.3, 0.4) is 0 Å². The van der Waals surface area contributed by atoms with Gasteiger partial charge in [0.05, 0.1) is 12.1 Å². The number of amides is 1. The van der Waals surface area contributed by atoms with Crippen LogP contribution in [0.15, 0.2) is 60.8 Å². The maximum absolute atomic E-state index is 14.7. The van der Waals surface area contributed by atoms with E-state index in [4.69, 9.17) is 5.11 Å². The van der Waals surface area contributed by atoms with E-state index in [0.717, 1.165) is 6.20 Å². The Balaban J connectivity index is 1.58. The number of carbonyl (C=O) groups excluding carboxylic acids is 1. The number of nitrogens with zero attached hydrogens (tertiary/aromatic N) is 2. The number of aryl methyl sites for hydroxylation is 1. The number of fused-ring (bicyclic) bond motifs is 1. The Bertz CT molecular complexity index is 1330. The quantitative estimate of drug-likeness (QED) is 0.388. The number of aromatic hydroxyl groups is 1. The van der Waals surface area contributed by atoms with Crippen molar-refractivity contribution in [2.24, 2.45) is 0 Å². The highest BCUT2D eigenvalue weighted by atomic mass is 19.1. The minimum Gasteiger partial charge on any atom is -0.494 e. The predicted molar refractivity (Wildman–Crippen MR) is 117 cm³/mol. The number of nitrogens with one attached hydrogen (secondary N) is 1. The van der Waals surface area contributed by atoms with Gasteiger partial charge in [0.25, 0.3) is 0 Å². The van der Waals surface area contributed by atoms with Gasteiger partial charge in [-0.3, -0.25) is 4.79 Å². The van der Waals surface area contributed by atoms with E-state index in [1.165, 1.54) is 41.0 Å². The number of aromatic nitrogens is 2. The van der Waals surface area contributed by atoms with Crippen LogP contribution >= 0.6 is 0 Å². The average molecular weight is 451 g/mol. The number of aromatic carboxylic acids is 1. The molecule has 0 saturated heterocycles. The number of rotatable bonds is 7. The SMILES string of the molecule is O=C(CCc1c2c(F)cccc2c(O)n1Cc1ccc(F)cc1)Nc1ccc(C(=O)O)cn1. The molecule has 2 aromatic heterocycles. The first-order valence-electron chi connectivity index (χ1n) is 10.1. The van der Waals surface area contributed by atoms with Gasteiger partial charge >= 0.3 is 5.97 Å². The number of carbonyl (C=O) groups is 2. The van der Waals surface area contributed by atoms with Crippen LogP contribution in [0.5, 0.6) is 5.88 Å². The predicted octanol–water partition coefficient (Wildman–Crippen LogP) is 4.34. The molecule has 2 aromatic carbocycles. The number of benzene rings is 2. The fourth-order valence-corrected chi connectivity index (χ4v) is 3.65. The van der Waals surface area contributed by atoms with Crippen molar-refractivity contribution in [2.45, 2.75) is 19.4 Å². The molecule has 0 aliphatic carbocycles. The van der Waals surface area contributed by atoms with Crippen LogP contribution in [-0.2, 0) is 17.8 Å². The summed E-state index contributed by atoms with van der Waals surface area (Å²) in [5, 5.41) is 22.8. The second-order valence-corrected chi connectivity index (χ2v) is 7.43. The molecular weight excluding hydrogens is 432 g/mol. The van der Waals surface area contributed by atoms with E-state index in [9.17, 15) is 23.5 Å². The van der Waals surface area contributed by atoms with Crippen molar-refractivity contribution < 1.29 is 28.6 Å². The van der Waals surface area contributed by atoms with E-state index in [1.807, 2.05) is 0 Å². The van der Waals surface area contributed by atoms with E-state index in [1.54, 1.807) is 18.2 Å². The largest absolute Gasteiger partial charge is 0.494 e. The number of carboxylic acid groups (broad SMARTS) is 1. The summed E-state index contributed by atoms with van der Waals surface area (Å²) in [4.78, 5) is 27.3. The van der Waals surface area contributed by atoms with E-state index in [-0.39, 0.29) is 42.0 Å². The topological polar surface area (TPSA) is 104 Å². The molecule has 0 unspecified atom stereocenters. The lowest BCUT2D eigenvalue weighted by Gasteiger charge is -2.12. The highest BCUT2D eigenvalue weighted by Gasteiger charge is 2.20. The van der Waals surface area contributed by atoms with Gasteiger partial charge in [0.1, 0.15) is 17.5 Å². The molecule has 0 aliphatic rings. The number of hydrogen-bond donors (Lipinski definition) is 3. The van der Waals surface area contributed by atoms with Crippen LogP contribution in [-0.4, -0.2) is 31.6 Å². The van der Waals surface area contributed by atoms with Crippen molar-refractivity contribution in [1.29, 1.82) is 0 Å². The molecule has 33 heavy (non-hydrogen) atoms. The Morgan fingerprint density at radius 2 is 1.79 bits per heavy atom. The lowest BCUT2D eigenvalue weighted by molar-refractivity contribution is -0.116. The zero-order chi connectivity index (χ0) is 23.5. The molecule has 1 amide bonds. The van der Waals surface area contributed by atoms with Crippen molar-refractivity contribution in [2.75, 3.05) is 5.32 Å². The third kappa shape index (κ3) is 4.67. The minimum atomic E-state index is -1.13. The first-order chi connectivity index (χ1) is 15.8. The Morgan fingerprint density at radius 1 is 1.03 bits per heavy atom. The summed E-state index contributed by atoms with van der Waals surface area (Å²) in [5.74, 6) is -2.42. The molecule has 0 atom stereocenters. The summed E-state index contributed by atoms with van der Waals surface area (Å²) >= 11 is 0. The van der Waals surface area contributed by atoms with Crippen molar-refractivity contribution >= 4 is 28.5 Å².